The molecule has 1 aliphatic heterocycles. The van der Waals surface area contributed by atoms with E-state index in [9.17, 15) is 0 Å². The van der Waals surface area contributed by atoms with Crippen molar-refractivity contribution >= 4 is 0 Å². The van der Waals surface area contributed by atoms with Gasteiger partial charge >= 0.3 is 0 Å². The molecule has 80 valence electrons. The van der Waals surface area contributed by atoms with Crippen LogP contribution in [0.15, 0.2) is 5.11 Å². The Kier molecular flexibility index (Phi) is 5.37. The zero-order valence-corrected chi connectivity index (χ0v) is 8.47. The van der Waals surface area contributed by atoms with Crippen LogP contribution in [0.4, 0.5) is 0 Å². The highest BCUT2D eigenvalue weighted by molar-refractivity contribution is 4.73. The molecular weight excluding hydrogens is 180 g/mol. The summed E-state index contributed by atoms with van der Waals surface area (Å²) >= 11 is 0. The molecule has 0 saturated carbocycles. The van der Waals surface area contributed by atoms with E-state index >= 15 is 0 Å². The first-order chi connectivity index (χ1) is 6.86. The van der Waals surface area contributed by atoms with Crippen LogP contribution in [0, 0.1) is 5.92 Å². The molecule has 1 aliphatic rings. The van der Waals surface area contributed by atoms with Gasteiger partial charge in [0.15, 0.2) is 0 Å². The van der Waals surface area contributed by atoms with Crippen molar-refractivity contribution in [3.63, 3.8) is 0 Å². The fourth-order valence-electron chi connectivity index (χ4n) is 2.00. The lowest BCUT2D eigenvalue weighted by Gasteiger charge is -2.32. The van der Waals surface area contributed by atoms with Crippen molar-refractivity contribution < 1.29 is 5.11 Å². The summed E-state index contributed by atoms with van der Waals surface area (Å²) in [7, 11) is 0. The molecule has 1 N–H and O–H groups in total. The molecule has 0 aliphatic carbocycles. The van der Waals surface area contributed by atoms with Gasteiger partial charge in [-0.1, -0.05) is 5.11 Å². The number of hydrogen-bond donors (Lipinski definition) is 1. The van der Waals surface area contributed by atoms with Gasteiger partial charge in [-0.2, -0.15) is 0 Å². The van der Waals surface area contributed by atoms with Crippen LogP contribution in [0.1, 0.15) is 19.3 Å². The summed E-state index contributed by atoms with van der Waals surface area (Å²) in [5.41, 5.74) is 8.14. The van der Waals surface area contributed by atoms with Crippen molar-refractivity contribution in [3.05, 3.63) is 10.4 Å². The van der Waals surface area contributed by atoms with Crippen LogP contribution < -0.4 is 0 Å². The summed E-state index contributed by atoms with van der Waals surface area (Å²) in [5, 5.41) is 12.4. The number of azide groups is 1. The van der Waals surface area contributed by atoms with Crippen LogP contribution in [0.3, 0.4) is 0 Å². The molecule has 0 bridgehead atoms. The smallest absolute Gasteiger partial charge is 0.0434 e. The van der Waals surface area contributed by atoms with Crippen molar-refractivity contribution in [1.29, 1.82) is 0 Å². The van der Waals surface area contributed by atoms with Gasteiger partial charge < -0.3 is 10.0 Å². The Bertz CT molecular complexity index is 201. The lowest BCUT2D eigenvalue weighted by molar-refractivity contribution is 0.151. The van der Waals surface area contributed by atoms with Gasteiger partial charge in [0.1, 0.15) is 0 Å². The normalized spacial score (nSPS) is 23.1. The second kappa shape index (κ2) is 6.65. The van der Waals surface area contributed by atoms with Crippen molar-refractivity contribution in [3.8, 4) is 0 Å². The van der Waals surface area contributed by atoms with Crippen LogP contribution in [0.25, 0.3) is 10.4 Å². The Balaban J connectivity index is 2.21. The maximum absolute atomic E-state index is 8.83. The Morgan fingerprint density at radius 2 is 2.43 bits per heavy atom. The van der Waals surface area contributed by atoms with E-state index in [1.54, 1.807) is 0 Å². The van der Waals surface area contributed by atoms with Crippen LogP contribution in [0.5, 0.6) is 0 Å². The van der Waals surface area contributed by atoms with Gasteiger partial charge in [-0.05, 0) is 37.3 Å². The Morgan fingerprint density at radius 3 is 3.14 bits per heavy atom. The number of nitrogens with zero attached hydrogens (tertiary/aromatic N) is 4. The monoisotopic (exact) mass is 198 g/mol. The first-order valence-electron chi connectivity index (χ1n) is 5.21. The van der Waals surface area contributed by atoms with E-state index in [4.69, 9.17) is 10.6 Å². The SMILES string of the molecule is [N-]=[N+]=NCCN1CCCC(CCO)C1. The lowest BCUT2D eigenvalue weighted by Crippen LogP contribution is -2.37. The molecule has 5 nitrogen and oxygen atoms in total. The summed E-state index contributed by atoms with van der Waals surface area (Å²) in [6.45, 7) is 3.84. The van der Waals surface area contributed by atoms with Gasteiger partial charge in [-0.15, -0.1) is 0 Å². The molecule has 0 spiro atoms. The Morgan fingerprint density at radius 1 is 1.57 bits per heavy atom. The third kappa shape index (κ3) is 3.96. The summed E-state index contributed by atoms with van der Waals surface area (Å²) in [4.78, 5) is 5.05. The third-order valence-corrected chi connectivity index (χ3v) is 2.72. The minimum absolute atomic E-state index is 0.287. The van der Waals surface area contributed by atoms with Crippen molar-refractivity contribution in [1.82, 2.24) is 4.90 Å². The molecule has 1 fully saturated rings. The van der Waals surface area contributed by atoms with E-state index in [1.807, 2.05) is 0 Å². The van der Waals surface area contributed by atoms with E-state index < -0.39 is 0 Å². The van der Waals surface area contributed by atoms with Crippen molar-refractivity contribution in [2.24, 2.45) is 11.0 Å². The molecule has 1 rings (SSSR count). The first-order valence-corrected chi connectivity index (χ1v) is 5.21. The fraction of sp³-hybridized carbons (Fsp3) is 1.00. The highest BCUT2D eigenvalue weighted by Crippen LogP contribution is 2.18. The fourth-order valence-corrected chi connectivity index (χ4v) is 2.00. The molecule has 0 aromatic rings. The third-order valence-electron chi connectivity index (χ3n) is 2.72. The maximum Gasteiger partial charge on any atom is 0.0434 e. The van der Waals surface area contributed by atoms with Gasteiger partial charge in [-0.3, -0.25) is 0 Å². The van der Waals surface area contributed by atoms with Gasteiger partial charge in [0, 0.05) is 31.2 Å². The van der Waals surface area contributed by atoms with Gasteiger partial charge in [-0.25, -0.2) is 0 Å². The average Bonchev–Trinajstić information content (AvgIpc) is 2.19. The van der Waals surface area contributed by atoms with Crippen molar-refractivity contribution in [2.75, 3.05) is 32.8 Å². The van der Waals surface area contributed by atoms with Crippen LogP contribution in [0.2, 0.25) is 0 Å². The van der Waals surface area contributed by atoms with E-state index in [1.165, 1.54) is 12.8 Å². The molecule has 0 radical (unpaired) electrons. The molecule has 0 aromatic carbocycles. The zero-order valence-electron chi connectivity index (χ0n) is 8.47. The lowest BCUT2D eigenvalue weighted by atomic mass is 9.95. The van der Waals surface area contributed by atoms with E-state index in [-0.39, 0.29) is 6.61 Å². The number of aliphatic hydroxyl groups is 1. The Labute approximate surface area is 84.3 Å². The predicted octanol–water partition coefficient (Wildman–Crippen LogP) is 1.39. The zero-order chi connectivity index (χ0) is 10.2. The predicted molar refractivity (Wildman–Crippen MR) is 54.9 cm³/mol. The Hall–Kier alpha value is -0.770. The first kappa shape index (κ1) is 11.3. The molecule has 14 heavy (non-hydrogen) atoms. The topological polar surface area (TPSA) is 72.2 Å². The second-order valence-corrected chi connectivity index (χ2v) is 3.78. The van der Waals surface area contributed by atoms with E-state index in [0.29, 0.717) is 12.5 Å². The molecule has 0 amide bonds. The maximum atomic E-state index is 8.83. The summed E-state index contributed by atoms with van der Waals surface area (Å²) < 4.78 is 0. The molecule has 5 heteroatoms. The van der Waals surface area contributed by atoms with Crippen molar-refractivity contribution in [2.45, 2.75) is 19.3 Å². The van der Waals surface area contributed by atoms with Gasteiger partial charge in [0.25, 0.3) is 0 Å². The molecule has 1 unspecified atom stereocenters. The number of hydrogen-bond acceptors (Lipinski definition) is 3. The molecule has 1 atom stereocenters. The standard InChI is InChI=1S/C9H18N4O/c10-12-11-4-6-13-5-1-2-9(8-13)3-7-14/h9,14H,1-8H2. The number of piperidine rings is 1. The van der Waals surface area contributed by atoms with E-state index in [0.717, 1.165) is 26.1 Å². The second-order valence-electron chi connectivity index (χ2n) is 3.78. The molecule has 1 heterocycles. The molecular formula is C9H18N4O. The highest BCUT2D eigenvalue weighted by Gasteiger charge is 2.18. The average molecular weight is 198 g/mol. The summed E-state index contributed by atoms with van der Waals surface area (Å²) in [6.07, 6.45) is 3.32. The van der Waals surface area contributed by atoms with Gasteiger partial charge in [0.2, 0.25) is 0 Å². The van der Waals surface area contributed by atoms with E-state index in [2.05, 4.69) is 14.9 Å². The summed E-state index contributed by atoms with van der Waals surface area (Å²) in [6, 6.07) is 0. The molecule has 1 saturated heterocycles. The molecule has 0 aromatic heterocycles. The van der Waals surface area contributed by atoms with Crippen LogP contribution >= 0.6 is 0 Å². The van der Waals surface area contributed by atoms with Crippen LogP contribution in [-0.2, 0) is 0 Å². The minimum Gasteiger partial charge on any atom is -0.396 e. The number of aliphatic hydroxyl groups excluding tert-OH is 1. The van der Waals surface area contributed by atoms with Crippen LogP contribution in [-0.4, -0.2) is 42.8 Å². The quantitative estimate of drug-likeness (QED) is 0.412. The number of rotatable bonds is 5. The minimum atomic E-state index is 0.287. The van der Waals surface area contributed by atoms with Gasteiger partial charge in [0.05, 0.1) is 0 Å². The highest BCUT2D eigenvalue weighted by atomic mass is 16.3. The summed E-state index contributed by atoms with van der Waals surface area (Å²) in [5.74, 6) is 0.625. The number of likely N-dealkylation sites (tertiary alicyclic amines) is 1. The largest absolute Gasteiger partial charge is 0.396 e.